The Morgan fingerprint density at radius 2 is 1.94 bits per heavy atom. The van der Waals surface area contributed by atoms with E-state index in [4.69, 9.17) is 4.74 Å². The Morgan fingerprint density at radius 1 is 1.16 bits per heavy atom. The van der Waals surface area contributed by atoms with E-state index in [2.05, 4.69) is 34.9 Å². The molecule has 2 aliphatic rings. The van der Waals surface area contributed by atoms with Crippen LogP contribution in [0.25, 0.3) is 0 Å². The molecule has 3 heterocycles. The van der Waals surface area contributed by atoms with Crippen LogP contribution in [0.5, 0.6) is 5.75 Å². The van der Waals surface area contributed by atoms with Gasteiger partial charge in [0.15, 0.2) is 0 Å². The van der Waals surface area contributed by atoms with Crippen LogP contribution in [0.3, 0.4) is 0 Å². The summed E-state index contributed by atoms with van der Waals surface area (Å²) in [6.45, 7) is 7.82. The zero-order valence-corrected chi connectivity index (χ0v) is 19.5. The Balaban J connectivity index is 1.39. The van der Waals surface area contributed by atoms with Crippen molar-refractivity contribution in [1.29, 1.82) is 5.26 Å². The molecule has 5 nitrogen and oxygen atoms in total. The van der Waals surface area contributed by atoms with Crippen molar-refractivity contribution in [2.75, 3.05) is 33.3 Å². The van der Waals surface area contributed by atoms with Gasteiger partial charge in [0, 0.05) is 41.5 Å². The van der Waals surface area contributed by atoms with E-state index in [1.807, 2.05) is 23.5 Å². The summed E-state index contributed by atoms with van der Waals surface area (Å²) in [6, 6.07) is 12.3. The van der Waals surface area contributed by atoms with Gasteiger partial charge in [-0.25, -0.2) is 0 Å². The first-order valence-corrected chi connectivity index (χ1v) is 12.1. The Bertz CT molecular complexity index is 927. The van der Waals surface area contributed by atoms with E-state index in [-0.39, 0.29) is 11.5 Å². The largest absolute Gasteiger partial charge is 0.496 e. The van der Waals surface area contributed by atoms with Crippen LogP contribution in [0.2, 0.25) is 0 Å². The number of likely N-dealkylation sites (tertiary alicyclic amines) is 2. The highest BCUT2D eigenvalue weighted by atomic mass is 32.1. The highest BCUT2D eigenvalue weighted by Crippen LogP contribution is 2.41. The number of piperidine rings is 2. The number of nitriles is 1. The molecule has 0 saturated carbocycles. The lowest BCUT2D eigenvalue weighted by Crippen LogP contribution is -2.53. The molecular formula is C25H33N3O2S. The summed E-state index contributed by atoms with van der Waals surface area (Å²) in [5.74, 6) is 0.810. The zero-order valence-electron chi connectivity index (χ0n) is 18.6. The summed E-state index contributed by atoms with van der Waals surface area (Å²) in [4.78, 5) is 7.85. The second kappa shape index (κ2) is 9.70. The van der Waals surface area contributed by atoms with Crippen LogP contribution in [0.15, 0.2) is 30.3 Å². The van der Waals surface area contributed by atoms with Crippen LogP contribution in [-0.2, 0) is 19.5 Å². The van der Waals surface area contributed by atoms with Crippen molar-refractivity contribution < 1.29 is 9.84 Å². The monoisotopic (exact) mass is 439 g/mol. The molecule has 0 bridgehead atoms. The summed E-state index contributed by atoms with van der Waals surface area (Å²) >= 11 is 1.94. The molecule has 1 N–H and O–H groups in total. The number of ether oxygens (including phenoxy) is 1. The second-order valence-corrected chi connectivity index (χ2v) is 10.4. The van der Waals surface area contributed by atoms with Crippen molar-refractivity contribution >= 4 is 11.3 Å². The molecule has 2 aromatic rings. The Morgan fingerprint density at radius 3 is 2.61 bits per heavy atom. The number of nitrogens with zero attached hydrogens (tertiary/aromatic N) is 3. The third kappa shape index (κ3) is 5.30. The number of hydrogen-bond acceptors (Lipinski definition) is 6. The normalized spacial score (nSPS) is 21.8. The van der Waals surface area contributed by atoms with E-state index < -0.39 is 0 Å². The van der Waals surface area contributed by atoms with Crippen molar-refractivity contribution in [3.05, 3.63) is 51.2 Å². The third-order valence-corrected chi connectivity index (χ3v) is 8.08. The van der Waals surface area contributed by atoms with E-state index in [1.165, 1.54) is 9.75 Å². The number of aryl methyl sites for hydroxylation is 1. The molecule has 1 aromatic heterocycles. The van der Waals surface area contributed by atoms with Gasteiger partial charge in [0.25, 0.3) is 0 Å². The van der Waals surface area contributed by atoms with Crippen LogP contribution >= 0.6 is 11.3 Å². The highest BCUT2D eigenvalue weighted by molar-refractivity contribution is 7.11. The van der Waals surface area contributed by atoms with Gasteiger partial charge < -0.3 is 9.84 Å². The van der Waals surface area contributed by atoms with Crippen LogP contribution in [0.4, 0.5) is 0 Å². The molecule has 6 heteroatoms. The average molecular weight is 440 g/mol. The highest BCUT2D eigenvalue weighted by Gasteiger charge is 2.41. The maximum Gasteiger partial charge on any atom is 0.123 e. The van der Waals surface area contributed by atoms with Gasteiger partial charge in [-0.3, -0.25) is 9.80 Å². The lowest BCUT2D eigenvalue weighted by molar-refractivity contribution is -0.0447. The van der Waals surface area contributed by atoms with Gasteiger partial charge in [-0.15, -0.1) is 11.3 Å². The fourth-order valence-corrected chi connectivity index (χ4v) is 6.26. The lowest BCUT2D eigenvalue weighted by atomic mass is 9.71. The summed E-state index contributed by atoms with van der Waals surface area (Å²) in [7, 11) is 1.67. The van der Waals surface area contributed by atoms with Crippen LogP contribution in [0, 0.1) is 16.7 Å². The summed E-state index contributed by atoms with van der Waals surface area (Å²) in [6.07, 6.45) is 3.97. The van der Waals surface area contributed by atoms with E-state index in [1.54, 1.807) is 13.2 Å². The lowest BCUT2D eigenvalue weighted by Gasteiger charge is -2.49. The number of hydrogen-bond donors (Lipinski definition) is 1. The smallest absolute Gasteiger partial charge is 0.123 e. The predicted octanol–water partition coefficient (Wildman–Crippen LogP) is 4.04. The Hall–Kier alpha value is -1.91. The standard InChI is InChI=1S/C25H33N3O2S/c1-3-22-5-6-23(31-22)17-27-10-8-25(9-11-27)13-21(29)16-28(18-25)15-20-12-19(14-26)4-7-24(20)30-2/h4-7,12,21,29H,3,8-11,13,15-18H2,1-2H3. The van der Waals surface area contributed by atoms with Gasteiger partial charge in [-0.2, -0.15) is 5.26 Å². The first-order chi connectivity index (χ1) is 15.0. The van der Waals surface area contributed by atoms with E-state index in [0.29, 0.717) is 18.7 Å². The zero-order chi connectivity index (χ0) is 21.8. The number of thiophene rings is 1. The molecule has 0 amide bonds. The van der Waals surface area contributed by atoms with Crippen LogP contribution < -0.4 is 4.74 Å². The number of β-amino-alcohol motifs (C(OH)–C–C–N with tert-alkyl or cyclic N) is 1. The van der Waals surface area contributed by atoms with Crippen molar-refractivity contribution in [2.24, 2.45) is 5.41 Å². The SMILES string of the molecule is CCc1ccc(CN2CCC3(CC2)CC(O)CN(Cc2cc(C#N)ccc2OC)C3)s1. The van der Waals surface area contributed by atoms with Crippen molar-refractivity contribution in [1.82, 2.24) is 9.80 Å². The molecule has 4 rings (SSSR count). The molecule has 1 unspecified atom stereocenters. The molecule has 0 aliphatic carbocycles. The van der Waals surface area contributed by atoms with Gasteiger partial charge in [-0.1, -0.05) is 6.92 Å². The molecule has 2 saturated heterocycles. The van der Waals surface area contributed by atoms with E-state index >= 15 is 0 Å². The quantitative estimate of drug-likeness (QED) is 0.736. The summed E-state index contributed by atoms with van der Waals surface area (Å²) < 4.78 is 5.53. The van der Waals surface area contributed by atoms with Gasteiger partial charge >= 0.3 is 0 Å². The van der Waals surface area contributed by atoms with Gasteiger partial charge in [0.05, 0.1) is 24.8 Å². The van der Waals surface area contributed by atoms with Crippen molar-refractivity contribution in [3.63, 3.8) is 0 Å². The van der Waals surface area contributed by atoms with E-state index in [0.717, 1.165) is 63.2 Å². The van der Waals surface area contributed by atoms with Crippen molar-refractivity contribution in [2.45, 2.75) is 51.8 Å². The Kier molecular flexibility index (Phi) is 6.98. The first kappa shape index (κ1) is 22.3. The number of aliphatic hydroxyl groups excluding tert-OH is 1. The maximum absolute atomic E-state index is 10.7. The minimum atomic E-state index is -0.296. The number of rotatable bonds is 6. The number of benzene rings is 1. The molecular weight excluding hydrogens is 406 g/mol. The summed E-state index contributed by atoms with van der Waals surface area (Å²) in [5.41, 5.74) is 1.85. The van der Waals surface area contributed by atoms with Gasteiger partial charge in [-0.05, 0) is 74.5 Å². The number of methoxy groups -OCH3 is 1. The number of aliphatic hydroxyl groups is 1. The third-order valence-electron chi connectivity index (χ3n) is 6.86. The first-order valence-electron chi connectivity index (χ1n) is 11.3. The predicted molar refractivity (Wildman–Crippen MR) is 124 cm³/mol. The molecule has 31 heavy (non-hydrogen) atoms. The molecule has 2 aliphatic heterocycles. The molecule has 0 radical (unpaired) electrons. The van der Waals surface area contributed by atoms with E-state index in [9.17, 15) is 10.4 Å². The molecule has 166 valence electrons. The molecule has 1 atom stereocenters. The molecule has 1 spiro atoms. The maximum atomic E-state index is 10.7. The average Bonchev–Trinajstić information content (AvgIpc) is 3.22. The topological polar surface area (TPSA) is 59.7 Å². The fraction of sp³-hybridized carbons (Fsp3) is 0.560. The van der Waals surface area contributed by atoms with Gasteiger partial charge in [0.1, 0.15) is 5.75 Å². The van der Waals surface area contributed by atoms with Gasteiger partial charge in [0.2, 0.25) is 0 Å². The minimum absolute atomic E-state index is 0.179. The summed E-state index contributed by atoms with van der Waals surface area (Å²) in [5, 5.41) is 20.0. The minimum Gasteiger partial charge on any atom is -0.496 e. The second-order valence-electron chi connectivity index (χ2n) is 9.16. The fourth-order valence-electron chi connectivity index (χ4n) is 5.26. The molecule has 2 fully saturated rings. The van der Waals surface area contributed by atoms with Crippen molar-refractivity contribution in [3.8, 4) is 11.8 Å². The Labute approximate surface area is 189 Å². The molecule has 1 aromatic carbocycles. The van der Waals surface area contributed by atoms with Crippen LogP contribution in [0.1, 0.15) is 47.1 Å². The van der Waals surface area contributed by atoms with Crippen LogP contribution in [-0.4, -0.2) is 54.3 Å².